The molecule has 0 aliphatic rings. The van der Waals surface area contributed by atoms with Crippen LogP contribution in [0.25, 0.3) is 65.4 Å². The lowest BCUT2D eigenvalue weighted by Gasteiger charge is -2.24. The Morgan fingerprint density at radius 3 is 1.80 bits per heavy atom. The zero-order chi connectivity index (χ0) is 29.0. The van der Waals surface area contributed by atoms with Crippen LogP contribution in [0.5, 0.6) is 0 Å². The molecule has 0 unspecified atom stereocenters. The van der Waals surface area contributed by atoms with Crippen molar-refractivity contribution >= 4 is 71.6 Å². The Bertz CT molecular complexity index is 2520. The average Bonchev–Trinajstić information content (AvgIpc) is 3.44. The van der Waals surface area contributed by atoms with E-state index in [-0.39, 0.29) is 0 Å². The Hall–Kier alpha value is -6.00. The topological polar surface area (TPSA) is 42.2 Å². The number of fused-ring (bicyclic) bond motifs is 6. The van der Waals surface area contributed by atoms with E-state index >= 15 is 0 Å². The lowest BCUT2D eigenvalue weighted by Crippen LogP contribution is -2.13. The molecule has 0 aliphatic heterocycles. The van der Waals surface area contributed by atoms with E-state index in [1.807, 2.05) is 24.5 Å². The molecule has 3 aromatic heterocycles. The summed E-state index contributed by atoms with van der Waals surface area (Å²) in [5.41, 5.74) is 4.99. The van der Waals surface area contributed by atoms with Gasteiger partial charge in [-0.15, -0.1) is 0 Å². The van der Waals surface area contributed by atoms with Gasteiger partial charge in [0, 0.05) is 40.0 Å². The number of anilines is 3. The van der Waals surface area contributed by atoms with Crippen molar-refractivity contribution in [1.29, 1.82) is 0 Å². The number of hydrogen-bond acceptors (Lipinski definition) is 4. The van der Waals surface area contributed by atoms with Crippen LogP contribution < -0.4 is 4.90 Å². The van der Waals surface area contributed by atoms with Crippen molar-refractivity contribution in [2.24, 2.45) is 0 Å². The Labute approximate surface area is 253 Å². The molecule has 0 N–H and O–H groups in total. The molecule has 6 aromatic carbocycles. The lowest BCUT2D eigenvalue weighted by atomic mass is 10.0. The molecule has 0 fully saturated rings. The molecular weight excluding hydrogens is 538 g/mol. The highest BCUT2D eigenvalue weighted by molar-refractivity contribution is 6.11. The summed E-state index contributed by atoms with van der Waals surface area (Å²) in [6.07, 6.45) is 3.88. The van der Waals surface area contributed by atoms with Gasteiger partial charge in [0.1, 0.15) is 22.8 Å². The Morgan fingerprint density at radius 2 is 1.02 bits per heavy atom. The van der Waals surface area contributed by atoms with E-state index in [4.69, 9.17) is 14.4 Å². The molecule has 0 bridgehead atoms. The fourth-order valence-electron chi connectivity index (χ4n) is 6.23. The third kappa shape index (κ3) is 4.08. The maximum absolute atomic E-state index is 6.45. The van der Waals surface area contributed by atoms with Gasteiger partial charge in [-0.25, -0.2) is 9.97 Å². The van der Waals surface area contributed by atoms with Gasteiger partial charge in [0.25, 0.3) is 0 Å². The quantitative estimate of drug-likeness (QED) is 0.214. The molecule has 206 valence electrons. The summed E-state index contributed by atoms with van der Waals surface area (Å²) in [4.78, 5) is 12.0. The molecule has 9 rings (SSSR count). The first-order valence-corrected chi connectivity index (χ1v) is 14.7. The van der Waals surface area contributed by atoms with Crippen LogP contribution in [0.1, 0.15) is 0 Å². The van der Waals surface area contributed by atoms with Gasteiger partial charge in [0.2, 0.25) is 0 Å². The van der Waals surface area contributed by atoms with Gasteiger partial charge < -0.3 is 4.42 Å². The van der Waals surface area contributed by atoms with E-state index in [9.17, 15) is 0 Å². The molecule has 9 aromatic rings. The number of benzene rings is 6. The zero-order valence-electron chi connectivity index (χ0n) is 23.7. The Morgan fingerprint density at radius 1 is 0.409 bits per heavy atom. The van der Waals surface area contributed by atoms with Gasteiger partial charge in [-0.05, 0) is 75.1 Å². The van der Waals surface area contributed by atoms with E-state index in [1.54, 1.807) is 0 Å². The molecule has 0 amide bonds. The maximum Gasteiger partial charge on any atom is 0.139 e. The number of hydrogen-bond donors (Lipinski definition) is 0. The summed E-state index contributed by atoms with van der Waals surface area (Å²) < 4.78 is 6.45. The molecule has 0 spiro atoms. The fourth-order valence-corrected chi connectivity index (χ4v) is 6.23. The summed E-state index contributed by atoms with van der Waals surface area (Å²) in [5.74, 6) is 1.58. The van der Waals surface area contributed by atoms with E-state index in [2.05, 4.69) is 132 Å². The van der Waals surface area contributed by atoms with Gasteiger partial charge in [-0.1, -0.05) is 91.0 Å². The lowest BCUT2D eigenvalue weighted by molar-refractivity contribution is 0.669. The zero-order valence-corrected chi connectivity index (χ0v) is 23.7. The second-order valence-electron chi connectivity index (χ2n) is 11.2. The van der Waals surface area contributed by atoms with Crippen molar-refractivity contribution in [1.82, 2.24) is 9.97 Å². The number of nitrogens with zero attached hydrogens (tertiary/aromatic N) is 3. The van der Waals surface area contributed by atoms with Crippen molar-refractivity contribution in [3.8, 4) is 11.1 Å². The van der Waals surface area contributed by atoms with Crippen molar-refractivity contribution in [2.45, 2.75) is 0 Å². The Balaban J connectivity index is 1.22. The molecule has 0 saturated heterocycles. The monoisotopic (exact) mass is 563 g/mol. The SMILES string of the molecule is c1ccc(-c2ccc3cc(N(c4ccc5c(c4)oc4cc6ccccc6cc45)c4cc5ccccc5cn4)ncc3c2)cc1. The van der Waals surface area contributed by atoms with Gasteiger partial charge in [0.05, 0.1) is 5.69 Å². The first-order valence-electron chi connectivity index (χ1n) is 14.7. The molecule has 4 nitrogen and oxygen atoms in total. The summed E-state index contributed by atoms with van der Waals surface area (Å²) in [5, 5.41) is 8.96. The second kappa shape index (κ2) is 9.79. The maximum atomic E-state index is 6.45. The van der Waals surface area contributed by atoms with Crippen LogP contribution >= 0.6 is 0 Å². The molecule has 0 radical (unpaired) electrons. The Kier molecular flexibility index (Phi) is 5.47. The largest absolute Gasteiger partial charge is 0.456 e. The van der Waals surface area contributed by atoms with Crippen LogP contribution in [0, 0.1) is 0 Å². The van der Waals surface area contributed by atoms with Crippen LogP contribution in [0.15, 0.2) is 156 Å². The number of furan rings is 1. The third-order valence-corrected chi connectivity index (χ3v) is 8.47. The predicted molar refractivity (Wildman–Crippen MR) is 182 cm³/mol. The predicted octanol–water partition coefficient (Wildman–Crippen LogP) is 11.0. The molecule has 4 heteroatoms. The standard InChI is InChI=1S/C40H25N3O/c1-2-8-26(9-3-1)30-14-15-31-22-40(42-25-33(31)18-30)43(39-21-29-12-6-7-13-32(29)24-41-39)34-16-17-35-36-19-27-10-4-5-11-28(27)20-37(36)44-38(35)23-34/h1-25H. The number of aromatic nitrogens is 2. The summed E-state index contributed by atoms with van der Waals surface area (Å²) in [6, 6.07) is 48.6. The van der Waals surface area contributed by atoms with Crippen LogP contribution in [0.2, 0.25) is 0 Å². The minimum atomic E-state index is 0.786. The van der Waals surface area contributed by atoms with E-state index in [1.165, 1.54) is 16.5 Å². The fraction of sp³-hybridized carbons (Fsp3) is 0. The van der Waals surface area contributed by atoms with E-state index < -0.39 is 0 Å². The highest BCUT2D eigenvalue weighted by Gasteiger charge is 2.19. The minimum absolute atomic E-state index is 0.786. The molecule has 44 heavy (non-hydrogen) atoms. The highest BCUT2D eigenvalue weighted by Crippen LogP contribution is 2.39. The van der Waals surface area contributed by atoms with Crippen LogP contribution in [0.3, 0.4) is 0 Å². The third-order valence-electron chi connectivity index (χ3n) is 8.47. The molecule has 0 saturated carbocycles. The first kappa shape index (κ1) is 24.6. The smallest absolute Gasteiger partial charge is 0.139 e. The van der Waals surface area contributed by atoms with Crippen molar-refractivity contribution in [3.05, 3.63) is 152 Å². The summed E-state index contributed by atoms with van der Waals surface area (Å²) in [7, 11) is 0. The van der Waals surface area contributed by atoms with Crippen molar-refractivity contribution < 1.29 is 4.42 Å². The van der Waals surface area contributed by atoms with Crippen LogP contribution in [-0.4, -0.2) is 9.97 Å². The normalized spacial score (nSPS) is 11.6. The molecule has 3 heterocycles. The average molecular weight is 564 g/mol. The molecule has 0 aliphatic carbocycles. The van der Waals surface area contributed by atoms with Crippen LogP contribution in [0.4, 0.5) is 17.3 Å². The minimum Gasteiger partial charge on any atom is -0.456 e. The number of rotatable bonds is 4. The second-order valence-corrected chi connectivity index (χ2v) is 11.2. The van der Waals surface area contributed by atoms with E-state index in [0.29, 0.717) is 0 Å². The van der Waals surface area contributed by atoms with Gasteiger partial charge in [-0.3, -0.25) is 4.90 Å². The molecule has 0 atom stereocenters. The van der Waals surface area contributed by atoms with E-state index in [0.717, 1.165) is 66.2 Å². The number of pyridine rings is 2. The first-order chi connectivity index (χ1) is 21.8. The highest BCUT2D eigenvalue weighted by atomic mass is 16.3. The summed E-state index contributed by atoms with van der Waals surface area (Å²) in [6.45, 7) is 0. The van der Waals surface area contributed by atoms with Gasteiger partial charge in [0.15, 0.2) is 0 Å². The summed E-state index contributed by atoms with van der Waals surface area (Å²) >= 11 is 0. The van der Waals surface area contributed by atoms with Crippen molar-refractivity contribution in [2.75, 3.05) is 4.90 Å². The van der Waals surface area contributed by atoms with Gasteiger partial charge in [-0.2, -0.15) is 0 Å². The van der Waals surface area contributed by atoms with Crippen molar-refractivity contribution in [3.63, 3.8) is 0 Å². The van der Waals surface area contributed by atoms with Gasteiger partial charge >= 0.3 is 0 Å². The molecular formula is C40H25N3O. The van der Waals surface area contributed by atoms with Crippen LogP contribution in [-0.2, 0) is 0 Å².